The van der Waals surface area contributed by atoms with Gasteiger partial charge in [-0.1, -0.05) is 13.0 Å². The van der Waals surface area contributed by atoms with Gasteiger partial charge in [0.15, 0.2) is 0 Å². The van der Waals surface area contributed by atoms with Crippen molar-refractivity contribution in [3.63, 3.8) is 0 Å². The molecular weight excluding hydrogens is 152 g/mol. The lowest BCUT2D eigenvalue weighted by Gasteiger charge is -2.08. The highest BCUT2D eigenvalue weighted by Gasteiger charge is 2.06. The lowest BCUT2D eigenvalue weighted by molar-refractivity contribution is 0.195. The van der Waals surface area contributed by atoms with Crippen molar-refractivity contribution in [1.29, 1.82) is 0 Å². The number of hydrogen-bond donors (Lipinski definition) is 2. The summed E-state index contributed by atoms with van der Waals surface area (Å²) < 4.78 is 0. The Kier molecular flexibility index (Phi) is 2.71. The van der Waals surface area contributed by atoms with Crippen LogP contribution in [-0.2, 0) is 6.42 Å². The molecule has 1 unspecified atom stereocenters. The fraction of sp³-hybridized carbons (Fsp3) is 0.400. The lowest BCUT2D eigenvalue weighted by atomic mass is 10.0. The maximum Gasteiger partial charge on any atom is 0.121 e. The van der Waals surface area contributed by atoms with E-state index in [0.29, 0.717) is 5.56 Å². The van der Waals surface area contributed by atoms with Gasteiger partial charge in [-0.2, -0.15) is 0 Å². The van der Waals surface area contributed by atoms with E-state index in [1.165, 1.54) is 0 Å². The third kappa shape index (κ3) is 1.77. The number of aliphatic hydroxyl groups excluding tert-OH is 1. The topological polar surface area (TPSA) is 40.5 Å². The molecule has 0 spiro atoms. The smallest absolute Gasteiger partial charge is 0.121 e. The van der Waals surface area contributed by atoms with E-state index in [9.17, 15) is 10.2 Å². The summed E-state index contributed by atoms with van der Waals surface area (Å²) in [6.45, 7) is 3.69. The first-order chi connectivity index (χ1) is 5.65. The van der Waals surface area contributed by atoms with Crippen molar-refractivity contribution in [2.24, 2.45) is 0 Å². The molecule has 2 nitrogen and oxygen atoms in total. The average molecular weight is 166 g/mol. The van der Waals surface area contributed by atoms with E-state index in [-0.39, 0.29) is 5.75 Å². The number of rotatable bonds is 2. The zero-order chi connectivity index (χ0) is 9.14. The molecule has 66 valence electrons. The van der Waals surface area contributed by atoms with Crippen molar-refractivity contribution in [3.05, 3.63) is 29.3 Å². The van der Waals surface area contributed by atoms with Crippen LogP contribution in [0.25, 0.3) is 0 Å². The van der Waals surface area contributed by atoms with E-state index in [1.807, 2.05) is 19.1 Å². The highest BCUT2D eigenvalue weighted by molar-refractivity contribution is 5.37. The molecule has 0 amide bonds. The molecule has 1 aromatic rings. The Hall–Kier alpha value is -1.02. The molecule has 0 saturated heterocycles. The number of hydrogen-bond acceptors (Lipinski definition) is 2. The molecule has 1 rings (SSSR count). The molecule has 0 radical (unpaired) electrons. The van der Waals surface area contributed by atoms with Gasteiger partial charge in [0.25, 0.3) is 0 Å². The summed E-state index contributed by atoms with van der Waals surface area (Å²) in [5.74, 6) is 0.169. The molecule has 0 aliphatic carbocycles. The normalized spacial score (nSPS) is 12.9. The maximum atomic E-state index is 9.34. The first-order valence-corrected chi connectivity index (χ1v) is 4.15. The zero-order valence-electron chi connectivity index (χ0n) is 7.41. The van der Waals surface area contributed by atoms with E-state index in [1.54, 1.807) is 13.0 Å². The summed E-state index contributed by atoms with van der Waals surface area (Å²) in [6.07, 6.45) is 0.316. The van der Waals surface area contributed by atoms with Crippen molar-refractivity contribution < 1.29 is 10.2 Å². The van der Waals surface area contributed by atoms with Gasteiger partial charge in [-0.15, -0.1) is 0 Å². The number of phenolic OH excluding ortho intramolecular Hbond substituents is 1. The van der Waals surface area contributed by atoms with Crippen LogP contribution in [0.2, 0.25) is 0 Å². The first-order valence-electron chi connectivity index (χ1n) is 4.15. The molecule has 1 aromatic carbocycles. The Balaban J connectivity index is 3.08. The van der Waals surface area contributed by atoms with Crippen molar-refractivity contribution in [2.75, 3.05) is 0 Å². The molecule has 0 fully saturated rings. The van der Waals surface area contributed by atoms with Crippen LogP contribution in [0.3, 0.4) is 0 Å². The van der Waals surface area contributed by atoms with Crippen LogP contribution in [0.4, 0.5) is 0 Å². The van der Waals surface area contributed by atoms with E-state index in [4.69, 9.17) is 0 Å². The summed E-state index contributed by atoms with van der Waals surface area (Å²) in [5, 5.41) is 18.6. The van der Waals surface area contributed by atoms with E-state index in [0.717, 1.165) is 12.0 Å². The largest absolute Gasteiger partial charge is 0.508 e. The van der Waals surface area contributed by atoms with Crippen LogP contribution >= 0.6 is 0 Å². The number of benzene rings is 1. The second-order valence-electron chi connectivity index (χ2n) is 2.92. The van der Waals surface area contributed by atoms with Gasteiger partial charge in [-0.3, -0.25) is 0 Å². The Bertz CT molecular complexity index is 267. The van der Waals surface area contributed by atoms with Crippen LogP contribution in [0, 0.1) is 0 Å². The van der Waals surface area contributed by atoms with Gasteiger partial charge in [-0.05, 0) is 31.0 Å². The second kappa shape index (κ2) is 3.59. The molecule has 12 heavy (non-hydrogen) atoms. The molecule has 0 aliphatic heterocycles. The molecular formula is C10H14O2. The van der Waals surface area contributed by atoms with Crippen molar-refractivity contribution in [1.82, 2.24) is 0 Å². The van der Waals surface area contributed by atoms with E-state index < -0.39 is 6.10 Å². The maximum absolute atomic E-state index is 9.34. The number of phenols is 1. The summed E-state index contributed by atoms with van der Waals surface area (Å²) in [7, 11) is 0. The standard InChI is InChI=1S/C10H14O2/c1-3-8-4-5-10(12)9(6-8)7(2)11/h4-7,11-12H,3H2,1-2H3. The van der Waals surface area contributed by atoms with E-state index >= 15 is 0 Å². The molecule has 0 aromatic heterocycles. The summed E-state index contributed by atoms with van der Waals surface area (Å²) in [4.78, 5) is 0. The summed E-state index contributed by atoms with van der Waals surface area (Å²) in [6, 6.07) is 5.32. The Labute approximate surface area is 72.5 Å². The van der Waals surface area contributed by atoms with Crippen LogP contribution in [0.1, 0.15) is 31.1 Å². The third-order valence-electron chi connectivity index (χ3n) is 1.95. The third-order valence-corrected chi connectivity index (χ3v) is 1.95. The molecule has 2 heteroatoms. The summed E-state index contributed by atoms with van der Waals surface area (Å²) in [5.41, 5.74) is 1.73. The molecule has 0 heterocycles. The lowest BCUT2D eigenvalue weighted by Crippen LogP contribution is -1.93. The van der Waals surface area contributed by atoms with E-state index in [2.05, 4.69) is 0 Å². The predicted molar refractivity (Wildman–Crippen MR) is 48.1 cm³/mol. The molecule has 0 bridgehead atoms. The number of aliphatic hydroxyl groups is 1. The molecule has 1 atom stereocenters. The minimum absolute atomic E-state index is 0.169. The van der Waals surface area contributed by atoms with Crippen LogP contribution in [0.5, 0.6) is 5.75 Å². The molecule has 0 saturated carbocycles. The Morgan fingerprint density at radius 2 is 2.08 bits per heavy atom. The van der Waals surface area contributed by atoms with Gasteiger partial charge in [0.1, 0.15) is 5.75 Å². The monoisotopic (exact) mass is 166 g/mol. The minimum atomic E-state index is -0.600. The van der Waals surface area contributed by atoms with Gasteiger partial charge in [0, 0.05) is 5.56 Å². The van der Waals surface area contributed by atoms with Gasteiger partial charge in [-0.25, -0.2) is 0 Å². The first kappa shape index (κ1) is 9.07. The average Bonchev–Trinajstić information content (AvgIpc) is 2.05. The van der Waals surface area contributed by atoms with Gasteiger partial charge < -0.3 is 10.2 Å². The van der Waals surface area contributed by atoms with Crippen molar-refractivity contribution >= 4 is 0 Å². The highest BCUT2D eigenvalue weighted by Crippen LogP contribution is 2.24. The van der Waals surface area contributed by atoms with Gasteiger partial charge >= 0.3 is 0 Å². The van der Waals surface area contributed by atoms with Gasteiger partial charge in [0.05, 0.1) is 6.10 Å². The fourth-order valence-corrected chi connectivity index (χ4v) is 1.16. The predicted octanol–water partition coefficient (Wildman–Crippen LogP) is 2.01. The van der Waals surface area contributed by atoms with Crippen molar-refractivity contribution in [2.45, 2.75) is 26.4 Å². The van der Waals surface area contributed by atoms with Crippen LogP contribution < -0.4 is 0 Å². The SMILES string of the molecule is CCc1ccc(O)c(C(C)O)c1. The molecule has 2 N–H and O–H groups in total. The second-order valence-corrected chi connectivity index (χ2v) is 2.92. The molecule has 0 aliphatic rings. The quantitative estimate of drug-likeness (QED) is 0.705. The number of aryl methyl sites for hydroxylation is 1. The zero-order valence-corrected chi connectivity index (χ0v) is 7.41. The Morgan fingerprint density at radius 3 is 2.58 bits per heavy atom. The summed E-state index contributed by atoms with van der Waals surface area (Å²) >= 11 is 0. The fourth-order valence-electron chi connectivity index (χ4n) is 1.16. The number of aromatic hydroxyl groups is 1. The van der Waals surface area contributed by atoms with Crippen molar-refractivity contribution in [3.8, 4) is 5.75 Å². The Morgan fingerprint density at radius 1 is 1.42 bits per heavy atom. The highest BCUT2D eigenvalue weighted by atomic mass is 16.3. The van der Waals surface area contributed by atoms with Crippen LogP contribution in [0.15, 0.2) is 18.2 Å². The minimum Gasteiger partial charge on any atom is -0.508 e. The van der Waals surface area contributed by atoms with Gasteiger partial charge in [0.2, 0.25) is 0 Å². The van der Waals surface area contributed by atoms with Crippen LogP contribution in [-0.4, -0.2) is 10.2 Å².